The van der Waals surface area contributed by atoms with Gasteiger partial charge in [0, 0.05) is 37.2 Å². The van der Waals surface area contributed by atoms with E-state index >= 15 is 0 Å². The van der Waals surface area contributed by atoms with Gasteiger partial charge in [-0.25, -0.2) is 0 Å². The zero-order chi connectivity index (χ0) is 34.0. The summed E-state index contributed by atoms with van der Waals surface area (Å²) in [7, 11) is 1.57. The molecule has 11 nitrogen and oxygen atoms in total. The third-order valence-electron chi connectivity index (χ3n) is 8.52. The van der Waals surface area contributed by atoms with Gasteiger partial charge < -0.3 is 29.7 Å². The van der Waals surface area contributed by atoms with Crippen molar-refractivity contribution in [3.05, 3.63) is 95.3 Å². The number of benzene rings is 3. The van der Waals surface area contributed by atoms with Crippen molar-refractivity contribution in [3.63, 3.8) is 0 Å². The number of piperidine rings is 1. The minimum absolute atomic E-state index is 0.148. The van der Waals surface area contributed by atoms with Gasteiger partial charge in [-0.05, 0) is 87.4 Å². The molecule has 6 bridgehead atoms. The molecular formula is C37H41N5O6. The monoisotopic (exact) mass is 651 g/mol. The number of ether oxygens (including phenoxy) is 3. The number of hydrogen-bond acceptors (Lipinski definition) is 7. The minimum Gasteiger partial charge on any atom is -0.496 e. The summed E-state index contributed by atoms with van der Waals surface area (Å²) in [5.41, 5.74) is 3.64. The van der Waals surface area contributed by atoms with Gasteiger partial charge in [-0.2, -0.15) is 5.10 Å². The average Bonchev–Trinajstić information content (AvgIpc) is 3.49. The molecule has 0 aliphatic carbocycles. The molecule has 2 N–H and O–H groups in total. The molecule has 3 aliphatic rings. The van der Waals surface area contributed by atoms with Gasteiger partial charge in [0.05, 0.1) is 24.4 Å². The van der Waals surface area contributed by atoms with Gasteiger partial charge in [0.2, 0.25) is 0 Å². The Kier molecular flexibility index (Phi) is 9.12. The molecule has 4 aromatic rings. The Balaban J connectivity index is 1.34. The second kappa shape index (κ2) is 13.4. The van der Waals surface area contributed by atoms with E-state index in [1.54, 1.807) is 41.0 Å². The first kappa shape index (κ1) is 32.6. The molecule has 48 heavy (non-hydrogen) atoms. The first-order valence-electron chi connectivity index (χ1n) is 16.1. The lowest BCUT2D eigenvalue weighted by Gasteiger charge is -2.39. The quantitative estimate of drug-likeness (QED) is 0.322. The zero-order valence-corrected chi connectivity index (χ0v) is 27.9. The van der Waals surface area contributed by atoms with E-state index in [2.05, 4.69) is 15.7 Å². The number of hydrogen-bond donors (Lipinski definition) is 2. The van der Waals surface area contributed by atoms with Crippen LogP contribution in [0.2, 0.25) is 0 Å². The Morgan fingerprint density at radius 3 is 2.52 bits per heavy atom. The largest absolute Gasteiger partial charge is 0.496 e. The lowest BCUT2D eigenvalue weighted by atomic mass is 9.98. The molecule has 1 fully saturated rings. The van der Waals surface area contributed by atoms with E-state index in [0.717, 1.165) is 16.8 Å². The van der Waals surface area contributed by atoms with E-state index in [4.69, 9.17) is 14.2 Å². The van der Waals surface area contributed by atoms with E-state index in [1.165, 1.54) is 0 Å². The average molecular weight is 652 g/mol. The lowest BCUT2D eigenvalue weighted by molar-refractivity contribution is -0.123. The third-order valence-corrected chi connectivity index (χ3v) is 8.52. The Hall–Kier alpha value is -5.32. The zero-order valence-electron chi connectivity index (χ0n) is 27.9. The summed E-state index contributed by atoms with van der Waals surface area (Å²) in [5.74, 6) is 0.997. The molecule has 250 valence electrons. The molecule has 7 rings (SSSR count). The van der Waals surface area contributed by atoms with Gasteiger partial charge in [0.1, 0.15) is 29.0 Å². The fourth-order valence-corrected chi connectivity index (χ4v) is 6.06. The number of aromatic nitrogens is 2. The maximum absolute atomic E-state index is 14.0. The number of aryl methyl sites for hydroxylation is 1. The van der Waals surface area contributed by atoms with E-state index in [0.29, 0.717) is 53.6 Å². The number of carbonyl (C=O) groups excluding carboxylic acids is 3. The highest BCUT2D eigenvalue weighted by Gasteiger charge is 2.36. The highest BCUT2D eigenvalue weighted by Crippen LogP contribution is 2.33. The Bertz CT molecular complexity index is 1830. The van der Waals surface area contributed by atoms with Crippen LogP contribution in [0, 0.1) is 6.92 Å². The molecule has 1 aromatic heterocycles. The summed E-state index contributed by atoms with van der Waals surface area (Å²) in [4.78, 5) is 42.2. The second-order valence-electron chi connectivity index (χ2n) is 13.2. The van der Waals surface area contributed by atoms with Crippen molar-refractivity contribution >= 4 is 17.7 Å². The van der Waals surface area contributed by atoms with Crippen LogP contribution in [0.5, 0.6) is 17.2 Å². The van der Waals surface area contributed by atoms with Gasteiger partial charge in [0.25, 0.3) is 17.7 Å². The van der Waals surface area contributed by atoms with Crippen molar-refractivity contribution in [2.45, 2.75) is 58.3 Å². The van der Waals surface area contributed by atoms with Crippen LogP contribution in [0.25, 0.3) is 11.1 Å². The molecule has 3 amide bonds. The summed E-state index contributed by atoms with van der Waals surface area (Å²) < 4.78 is 19.7. The smallest absolute Gasteiger partial charge is 0.272 e. The van der Waals surface area contributed by atoms with Crippen molar-refractivity contribution in [3.8, 4) is 28.4 Å². The normalized spacial score (nSPS) is 18.5. The molecule has 11 heteroatoms. The van der Waals surface area contributed by atoms with Crippen LogP contribution in [-0.2, 0) is 16.9 Å². The summed E-state index contributed by atoms with van der Waals surface area (Å²) in [5, 5.41) is 10.7. The SMILES string of the molecule is COc1ccc2cc1-c1cccc(c1)OCC(=O)NCc1ccc(cc1)O[C@@H]1CCN(C(=O)c3cc(C)nn3C(C)(C)C)C[C@H]1NC2=O. The van der Waals surface area contributed by atoms with Crippen molar-refractivity contribution in [2.24, 2.45) is 0 Å². The van der Waals surface area contributed by atoms with E-state index in [1.807, 2.05) is 76.2 Å². The Morgan fingerprint density at radius 1 is 0.979 bits per heavy atom. The van der Waals surface area contributed by atoms with Crippen LogP contribution in [-0.4, -0.2) is 71.4 Å². The Morgan fingerprint density at radius 2 is 1.77 bits per heavy atom. The van der Waals surface area contributed by atoms with Crippen LogP contribution < -0.4 is 24.8 Å². The number of amides is 3. The molecule has 4 heterocycles. The van der Waals surface area contributed by atoms with Crippen LogP contribution in [0.15, 0.2) is 72.8 Å². The third kappa shape index (κ3) is 7.15. The summed E-state index contributed by atoms with van der Waals surface area (Å²) >= 11 is 0. The number of nitrogens with zero attached hydrogens (tertiary/aromatic N) is 3. The van der Waals surface area contributed by atoms with Crippen molar-refractivity contribution < 1.29 is 28.6 Å². The fourth-order valence-electron chi connectivity index (χ4n) is 6.06. The van der Waals surface area contributed by atoms with Gasteiger partial charge >= 0.3 is 0 Å². The van der Waals surface area contributed by atoms with Crippen LogP contribution in [0.1, 0.15) is 59.3 Å². The molecule has 2 atom stereocenters. The van der Waals surface area contributed by atoms with Crippen molar-refractivity contribution in [2.75, 3.05) is 26.8 Å². The number of methoxy groups -OCH3 is 1. The number of nitrogens with one attached hydrogen (secondary N) is 2. The van der Waals surface area contributed by atoms with Gasteiger partial charge in [-0.1, -0.05) is 24.3 Å². The van der Waals surface area contributed by atoms with Crippen LogP contribution in [0.4, 0.5) is 0 Å². The number of carbonyl (C=O) groups is 3. The number of fused-ring (bicyclic) bond motifs is 7. The fraction of sp³-hybridized carbons (Fsp3) is 0.351. The second-order valence-corrected chi connectivity index (χ2v) is 13.2. The minimum atomic E-state index is -0.519. The van der Waals surface area contributed by atoms with E-state index in [9.17, 15) is 14.4 Å². The molecule has 0 unspecified atom stereocenters. The molecule has 0 spiro atoms. The predicted octanol–water partition coefficient (Wildman–Crippen LogP) is 4.72. The molecular weight excluding hydrogens is 610 g/mol. The van der Waals surface area contributed by atoms with Gasteiger partial charge in [-0.3, -0.25) is 19.1 Å². The lowest BCUT2D eigenvalue weighted by Crippen LogP contribution is -2.58. The van der Waals surface area contributed by atoms with Crippen molar-refractivity contribution in [1.29, 1.82) is 0 Å². The van der Waals surface area contributed by atoms with E-state index < -0.39 is 12.1 Å². The highest BCUT2D eigenvalue weighted by molar-refractivity contribution is 5.97. The first-order valence-corrected chi connectivity index (χ1v) is 16.1. The number of rotatable bonds is 2. The topological polar surface area (TPSA) is 124 Å². The van der Waals surface area contributed by atoms with Crippen LogP contribution in [0.3, 0.4) is 0 Å². The maximum Gasteiger partial charge on any atom is 0.272 e. The van der Waals surface area contributed by atoms with Gasteiger partial charge in [0.15, 0.2) is 6.61 Å². The molecule has 0 saturated carbocycles. The molecule has 3 aromatic carbocycles. The predicted molar refractivity (Wildman–Crippen MR) is 180 cm³/mol. The molecule has 1 saturated heterocycles. The molecule has 0 radical (unpaired) electrons. The van der Waals surface area contributed by atoms with Crippen molar-refractivity contribution in [1.82, 2.24) is 25.3 Å². The van der Waals surface area contributed by atoms with Gasteiger partial charge in [-0.15, -0.1) is 0 Å². The van der Waals surface area contributed by atoms with E-state index in [-0.39, 0.29) is 36.4 Å². The summed E-state index contributed by atoms with van der Waals surface area (Å²) in [6.45, 7) is 8.78. The highest BCUT2D eigenvalue weighted by atomic mass is 16.5. The standard InChI is InChI=1S/C37H41N5O6/c1-23-17-31(42(40-23)37(2,3)4)36(45)41-16-15-33-30(21-41)39-35(44)26-11-14-32(46-5)29(19-26)25-7-6-8-28(18-25)47-22-34(43)38-20-24-9-12-27(48-33)13-10-24/h6-14,17-19,30,33H,15-16,20-22H2,1-5H3,(H,38,43)(H,39,44)/t30-,33-/m1/s1. The summed E-state index contributed by atoms with van der Waals surface area (Å²) in [6.07, 6.45) is 0.0904. The number of likely N-dealkylation sites (tertiary alicyclic amines) is 1. The van der Waals surface area contributed by atoms with Crippen LogP contribution >= 0.6 is 0 Å². The first-order chi connectivity index (χ1) is 23.0. The summed E-state index contributed by atoms with van der Waals surface area (Å²) in [6, 6.07) is 21.3. The molecule has 3 aliphatic heterocycles. The Labute approximate surface area is 280 Å². The maximum atomic E-state index is 14.0.